The van der Waals surface area contributed by atoms with Crippen LogP contribution in [0.4, 0.5) is 0 Å². The summed E-state index contributed by atoms with van der Waals surface area (Å²) in [6, 6.07) is 3.99. The zero-order valence-electron chi connectivity index (χ0n) is 8.86. The Hall–Kier alpha value is -1.62. The molecule has 2 N–H and O–H groups in total. The van der Waals surface area contributed by atoms with Crippen LogP contribution in [0.1, 0.15) is 17.9 Å². The maximum atomic E-state index is 10.5. The largest absolute Gasteiger partial charge is 0.481 e. The molecule has 0 aliphatic rings. The predicted molar refractivity (Wildman–Crippen MR) is 62.6 cm³/mol. The molecule has 2 rings (SSSR count). The van der Waals surface area contributed by atoms with Crippen LogP contribution in [0.2, 0.25) is 0 Å². The molecule has 84 valence electrons. The molecule has 0 aromatic carbocycles. The van der Waals surface area contributed by atoms with Gasteiger partial charge in [0.25, 0.3) is 0 Å². The summed E-state index contributed by atoms with van der Waals surface area (Å²) in [6.45, 7) is 1.95. The number of H-pyrrole nitrogens is 1. The van der Waals surface area contributed by atoms with Gasteiger partial charge in [-0.15, -0.1) is 11.3 Å². The number of carboxylic acid groups (broad SMARTS) is 1. The molecule has 2 aromatic heterocycles. The summed E-state index contributed by atoms with van der Waals surface area (Å²) in [7, 11) is 0. The molecular weight excluding hydrogens is 224 g/mol. The smallest absolute Gasteiger partial charge is 0.303 e. The van der Waals surface area contributed by atoms with Gasteiger partial charge in [0.15, 0.2) is 0 Å². The number of rotatable bonds is 4. The van der Waals surface area contributed by atoms with Crippen molar-refractivity contribution in [3.63, 3.8) is 0 Å². The first-order chi connectivity index (χ1) is 7.66. The highest BCUT2D eigenvalue weighted by atomic mass is 32.1. The Balaban J connectivity index is 2.19. The van der Waals surface area contributed by atoms with E-state index in [-0.39, 0.29) is 6.42 Å². The molecule has 0 amide bonds. The molecule has 0 aliphatic carbocycles. The van der Waals surface area contributed by atoms with Crippen LogP contribution >= 0.6 is 11.3 Å². The minimum Gasteiger partial charge on any atom is -0.481 e. The highest BCUT2D eigenvalue weighted by Crippen LogP contribution is 2.25. The Morgan fingerprint density at radius 2 is 2.44 bits per heavy atom. The minimum atomic E-state index is -0.799. The maximum Gasteiger partial charge on any atom is 0.303 e. The van der Waals surface area contributed by atoms with Gasteiger partial charge in [0.05, 0.1) is 11.3 Å². The number of thiophene rings is 1. The SMILES string of the molecule is Cc1[nH]c(CCC(=O)O)nc1-c1cccs1. The van der Waals surface area contributed by atoms with Crippen LogP contribution in [0, 0.1) is 6.92 Å². The van der Waals surface area contributed by atoms with E-state index in [9.17, 15) is 4.79 Å². The number of nitrogens with one attached hydrogen (secondary N) is 1. The zero-order valence-corrected chi connectivity index (χ0v) is 9.67. The number of carboxylic acids is 1. The van der Waals surface area contributed by atoms with E-state index >= 15 is 0 Å². The molecule has 0 spiro atoms. The number of carbonyl (C=O) groups is 1. The molecule has 0 saturated carbocycles. The van der Waals surface area contributed by atoms with E-state index < -0.39 is 5.97 Å². The fourth-order valence-corrected chi connectivity index (χ4v) is 2.29. The molecule has 0 atom stereocenters. The highest BCUT2D eigenvalue weighted by molar-refractivity contribution is 7.13. The van der Waals surface area contributed by atoms with Gasteiger partial charge in [-0.05, 0) is 18.4 Å². The van der Waals surface area contributed by atoms with Gasteiger partial charge in [-0.3, -0.25) is 4.79 Å². The third kappa shape index (κ3) is 2.30. The topological polar surface area (TPSA) is 66.0 Å². The van der Waals surface area contributed by atoms with Gasteiger partial charge in [0.2, 0.25) is 0 Å². The zero-order chi connectivity index (χ0) is 11.5. The van der Waals surface area contributed by atoms with Crippen molar-refractivity contribution >= 4 is 17.3 Å². The number of aliphatic carboxylic acids is 1. The average molecular weight is 236 g/mol. The van der Waals surface area contributed by atoms with E-state index in [2.05, 4.69) is 9.97 Å². The first-order valence-electron chi connectivity index (χ1n) is 4.98. The van der Waals surface area contributed by atoms with Crippen molar-refractivity contribution in [3.8, 4) is 10.6 Å². The second kappa shape index (κ2) is 4.49. The van der Waals surface area contributed by atoms with Crippen LogP contribution in [0.25, 0.3) is 10.6 Å². The summed E-state index contributed by atoms with van der Waals surface area (Å²) in [5.41, 5.74) is 1.92. The lowest BCUT2D eigenvalue weighted by atomic mass is 10.3. The van der Waals surface area contributed by atoms with E-state index in [0.29, 0.717) is 6.42 Å². The molecule has 16 heavy (non-hydrogen) atoms. The summed E-state index contributed by atoms with van der Waals surface area (Å²) in [5.74, 6) is -0.0602. The van der Waals surface area contributed by atoms with E-state index in [0.717, 1.165) is 22.1 Å². The maximum absolute atomic E-state index is 10.5. The lowest BCUT2D eigenvalue weighted by Crippen LogP contribution is -1.98. The van der Waals surface area contributed by atoms with Crippen molar-refractivity contribution in [3.05, 3.63) is 29.0 Å². The second-order valence-corrected chi connectivity index (χ2v) is 4.48. The summed E-state index contributed by atoms with van der Waals surface area (Å²) in [5, 5.41) is 10.6. The lowest BCUT2D eigenvalue weighted by molar-refractivity contribution is -0.137. The molecule has 0 radical (unpaired) electrons. The standard InChI is InChI=1S/C11H12N2O2S/c1-7-11(8-3-2-6-16-8)13-9(12-7)4-5-10(14)15/h2-3,6H,4-5H2,1H3,(H,12,13)(H,14,15). The van der Waals surface area contributed by atoms with Crippen molar-refractivity contribution in [2.75, 3.05) is 0 Å². The Kier molecular flexibility index (Phi) is 3.05. The average Bonchev–Trinajstić information content (AvgIpc) is 2.83. The van der Waals surface area contributed by atoms with Crippen LogP contribution in [0.3, 0.4) is 0 Å². The molecule has 2 aromatic rings. The number of aromatic amines is 1. The number of aryl methyl sites for hydroxylation is 2. The van der Waals surface area contributed by atoms with Crippen molar-refractivity contribution < 1.29 is 9.90 Å². The Morgan fingerprint density at radius 3 is 3.06 bits per heavy atom. The van der Waals surface area contributed by atoms with E-state index in [1.165, 1.54) is 0 Å². The van der Waals surface area contributed by atoms with Gasteiger partial charge >= 0.3 is 5.97 Å². The predicted octanol–water partition coefficient (Wildman–Crippen LogP) is 2.46. The van der Waals surface area contributed by atoms with Gasteiger partial charge in [0.1, 0.15) is 11.5 Å². The van der Waals surface area contributed by atoms with Crippen LogP contribution in [-0.2, 0) is 11.2 Å². The molecule has 5 heteroatoms. The van der Waals surface area contributed by atoms with Crippen molar-refractivity contribution in [2.45, 2.75) is 19.8 Å². The third-order valence-electron chi connectivity index (χ3n) is 2.26. The van der Waals surface area contributed by atoms with Gasteiger partial charge in [0, 0.05) is 12.1 Å². The summed E-state index contributed by atoms with van der Waals surface area (Å²) < 4.78 is 0. The highest BCUT2D eigenvalue weighted by Gasteiger charge is 2.10. The van der Waals surface area contributed by atoms with E-state index in [1.807, 2.05) is 24.4 Å². The number of hydrogen-bond donors (Lipinski definition) is 2. The number of imidazole rings is 1. The molecule has 0 saturated heterocycles. The van der Waals surface area contributed by atoms with Crippen molar-refractivity contribution in [1.82, 2.24) is 9.97 Å². The lowest BCUT2D eigenvalue weighted by Gasteiger charge is -1.91. The fraction of sp³-hybridized carbons (Fsp3) is 0.273. The van der Waals surface area contributed by atoms with Crippen LogP contribution in [-0.4, -0.2) is 21.0 Å². The van der Waals surface area contributed by atoms with Crippen molar-refractivity contribution in [1.29, 1.82) is 0 Å². The third-order valence-corrected chi connectivity index (χ3v) is 3.14. The molecule has 0 unspecified atom stereocenters. The van der Waals surface area contributed by atoms with Crippen LogP contribution in [0.5, 0.6) is 0 Å². The van der Waals surface area contributed by atoms with Gasteiger partial charge in [-0.2, -0.15) is 0 Å². The number of aromatic nitrogens is 2. The first-order valence-corrected chi connectivity index (χ1v) is 5.86. The quantitative estimate of drug-likeness (QED) is 0.857. The molecule has 0 bridgehead atoms. The summed E-state index contributed by atoms with van der Waals surface area (Å²) >= 11 is 1.63. The second-order valence-electron chi connectivity index (χ2n) is 3.53. The normalized spacial score (nSPS) is 10.6. The molecule has 4 nitrogen and oxygen atoms in total. The van der Waals surface area contributed by atoms with Gasteiger partial charge in [-0.1, -0.05) is 6.07 Å². The Morgan fingerprint density at radius 1 is 1.62 bits per heavy atom. The molecular formula is C11H12N2O2S. The molecule has 0 fully saturated rings. The van der Waals surface area contributed by atoms with Crippen LogP contribution in [0.15, 0.2) is 17.5 Å². The summed E-state index contributed by atoms with van der Waals surface area (Å²) in [6.07, 6.45) is 0.554. The summed E-state index contributed by atoms with van der Waals surface area (Å²) in [4.78, 5) is 19.1. The fourth-order valence-electron chi connectivity index (χ4n) is 1.52. The van der Waals surface area contributed by atoms with E-state index in [4.69, 9.17) is 5.11 Å². The van der Waals surface area contributed by atoms with Crippen LogP contribution < -0.4 is 0 Å². The van der Waals surface area contributed by atoms with Gasteiger partial charge < -0.3 is 10.1 Å². The first kappa shape index (κ1) is 10.9. The molecule has 0 aliphatic heterocycles. The molecule has 2 heterocycles. The monoisotopic (exact) mass is 236 g/mol. The van der Waals surface area contributed by atoms with Crippen molar-refractivity contribution in [2.24, 2.45) is 0 Å². The number of hydrogen-bond acceptors (Lipinski definition) is 3. The Labute approximate surface area is 97.0 Å². The van der Waals surface area contributed by atoms with E-state index in [1.54, 1.807) is 11.3 Å². The van der Waals surface area contributed by atoms with Gasteiger partial charge in [-0.25, -0.2) is 4.98 Å². The Bertz CT molecular complexity index is 488. The minimum absolute atomic E-state index is 0.108. The number of nitrogens with zero attached hydrogens (tertiary/aromatic N) is 1.